The maximum Gasteiger partial charge on any atom is 0.124 e. The molecular formula is C14H10Cl4O. The lowest BCUT2D eigenvalue weighted by molar-refractivity contribution is 0.304. The second kappa shape index (κ2) is 6.71. The van der Waals surface area contributed by atoms with Gasteiger partial charge in [0.2, 0.25) is 0 Å². The minimum absolute atomic E-state index is 0.324. The Morgan fingerprint density at radius 3 is 2.16 bits per heavy atom. The molecule has 0 aromatic heterocycles. The molecule has 0 aliphatic carbocycles. The molecule has 0 saturated heterocycles. The van der Waals surface area contributed by atoms with Crippen molar-refractivity contribution >= 4 is 46.4 Å². The first-order valence-corrected chi connectivity index (χ1v) is 7.18. The van der Waals surface area contributed by atoms with Crippen LogP contribution in [-0.2, 0) is 12.5 Å². The first kappa shape index (κ1) is 14.8. The van der Waals surface area contributed by atoms with Crippen LogP contribution in [0, 0.1) is 0 Å². The molecule has 2 aromatic carbocycles. The van der Waals surface area contributed by atoms with Crippen molar-refractivity contribution in [2.45, 2.75) is 12.5 Å². The zero-order valence-corrected chi connectivity index (χ0v) is 12.8. The van der Waals surface area contributed by atoms with Gasteiger partial charge in [-0.3, -0.25) is 0 Å². The number of halogens is 4. The molecule has 0 aliphatic heterocycles. The van der Waals surface area contributed by atoms with Crippen LogP contribution in [0.5, 0.6) is 5.75 Å². The van der Waals surface area contributed by atoms with Crippen molar-refractivity contribution in [1.29, 1.82) is 0 Å². The Morgan fingerprint density at radius 1 is 0.842 bits per heavy atom. The number of hydrogen-bond donors (Lipinski definition) is 0. The van der Waals surface area contributed by atoms with Gasteiger partial charge in [-0.1, -0.05) is 34.8 Å². The highest BCUT2D eigenvalue weighted by Crippen LogP contribution is 2.27. The SMILES string of the molecule is ClCc1cc(Cl)ccc1OCc1cc(Cl)ccc1Cl. The second-order valence-corrected chi connectivity index (χ2v) is 5.46. The molecule has 0 amide bonds. The van der Waals surface area contributed by atoms with Crippen LogP contribution in [0.2, 0.25) is 15.1 Å². The van der Waals surface area contributed by atoms with Crippen molar-refractivity contribution in [3.63, 3.8) is 0 Å². The summed E-state index contributed by atoms with van der Waals surface area (Å²) in [7, 11) is 0. The third kappa shape index (κ3) is 3.93. The van der Waals surface area contributed by atoms with E-state index in [1.54, 1.807) is 36.4 Å². The van der Waals surface area contributed by atoms with Crippen LogP contribution in [0.1, 0.15) is 11.1 Å². The summed E-state index contributed by atoms with van der Waals surface area (Å²) in [6, 6.07) is 10.6. The van der Waals surface area contributed by atoms with Crippen LogP contribution in [0.15, 0.2) is 36.4 Å². The molecule has 0 saturated carbocycles. The van der Waals surface area contributed by atoms with Gasteiger partial charge in [-0.25, -0.2) is 0 Å². The summed E-state index contributed by atoms with van der Waals surface area (Å²) < 4.78 is 5.72. The number of ether oxygens (including phenoxy) is 1. The Bertz CT molecular complexity index is 584. The van der Waals surface area contributed by atoms with Gasteiger partial charge >= 0.3 is 0 Å². The second-order valence-electron chi connectivity index (χ2n) is 3.91. The summed E-state index contributed by atoms with van der Waals surface area (Å²) in [5, 5.41) is 1.87. The first-order chi connectivity index (χ1) is 9.10. The van der Waals surface area contributed by atoms with Gasteiger partial charge in [0.1, 0.15) is 12.4 Å². The summed E-state index contributed by atoms with van der Waals surface area (Å²) in [4.78, 5) is 0. The molecule has 0 unspecified atom stereocenters. The van der Waals surface area contributed by atoms with Gasteiger partial charge < -0.3 is 4.74 Å². The van der Waals surface area contributed by atoms with E-state index < -0.39 is 0 Å². The Balaban J connectivity index is 2.16. The molecule has 0 N–H and O–H groups in total. The zero-order valence-electron chi connectivity index (χ0n) is 9.80. The number of alkyl halides is 1. The third-order valence-corrected chi connectivity index (χ3v) is 3.68. The molecule has 0 aliphatic rings. The van der Waals surface area contributed by atoms with Gasteiger partial charge in [-0.05, 0) is 36.4 Å². The van der Waals surface area contributed by atoms with E-state index in [1.807, 2.05) is 0 Å². The Morgan fingerprint density at radius 2 is 1.47 bits per heavy atom. The molecular weight excluding hydrogens is 326 g/mol. The average Bonchev–Trinajstić information content (AvgIpc) is 2.40. The molecule has 0 radical (unpaired) electrons. The van der Waals surface area contributed by atoms with E-state index in [-0.39, 0.29) is 0 Å². The third-order valence-electron chi connectivity index (χ3n) is 2.56. The van der Waals surface area contributed by atoms with Gasteiger partial charge in [-0.2, -0.15) is 0 Å². The van der Waals surface area contributed by atoms with Gasteiger partial charge in [0.15, 0.2) is 0 Å². The predicted octanol–water partition coefficient (Wildman–Crippen LogP) is 5.96. The van der Waals surface area contributed by atoms with Crippen LogP contribution in [0.3, 0.4) is 0 Å². The van der Waals surface area contributed by atoms with E-state index in [0.717, 1.165) is 11.1 Å². The van der Waals surface area contributed by atoms with Crippen molar-refractivity contribution in [1.82, 2.24) is 0 Å². The lowest BCUT2D eigenvalue weighted by Gasteiger charge is -2.11. The summed E-state index contributed by atoms with van der Waals surface area (Å²) in [6.45, 7) is 0.324. The summed E-state index contributed by atoms with van der Waals surface area (Å²) >= 11 is 23.8. The fourth-order valence-corrected chi connectivity index (χ4v) is 2.37. The smallest absolute Gasteiger partial charge is 0.124 e. The van der Waals surface area contributed by atoms with Crippen LogP contribution >= 0.6 is 46.4 Å². The fourth-order valence-electron chi connectivity index (χ4n) is 1.60. The molecule has 0 bridgehead atoms. The van der Waals surface area contributed by atoms with Gasteiger partial charge in [0, 0.05) is 26.2 Å². The molecule has 0 spiro atoms. The van der Waals surface area contributed by atoms with E-state index >= 15 is 0 Å². The molecule has 19 heavy (non-hydrogen) atoms. The van der Waals surface area contributed by atoms with Crippen molar-refractivity contribution in [3.05, 3.63) is 62.6 Å². The summed E-state index contributed by atoms with van der Waals surface area (Å²) in [6.07, 6.45) is 0. The van der Waals surface area contributed by atoms with E-state index in [0.29, 0.717) is 33.3 Å². The highest BCUT2D eigenvalue weighted by atomic mass is 35.5. The average molecular weight is 336 g/mol. The topological polar surface area (TPSA) is 9.23 Å². The van der Waals surface area contributed by atoms with E-state index in [9.17, 15) is 0 Å². The standard InChI is InChI=1S/C14H10Cl4O/c15-7-9-5-12(17)2-4-14(9)19-8-10-6-11(16)1-3-13(10)18/h1-6H,7-8H2. The zero-order chi connectivity index (χ0) is 13.8. The summed E-state index contributed by atoms with van der Waals surface area (Å²) in [5.74, 6) is 1.02. The normalized spacial score (nSPS) is 10.5. The fraction of sp³-hybridized carbons (Fsp3) is 0.143. The van der Waals surface area contributed by atoms with E-state index in [2.05, 4.69) is 0 Å². The molecule has 0 atom stereocenters. The monoisotopic (exact) mass is 334 g/mol. The highest BCUT2D eigenvalue weighted by Gasteiger charge is 2.06. The van der Waals surface area contributed by atoms with Crippen LogP contribution < -0.4 is 4.74 Å². The van der Waals surface area contributed by atoms with E-state index in [1.165, 1.54) is 0 Å². The number of benzene rings is 2. The van der Waals surface area contributed by atoms with Crippen LogP contribution in [0.4, 0.5) is 0 Å². The van der Waals surface area contributed by atoms with Crippen molar-refractivity contribution in [2.75, 3.05) is 0 Å². The lowest BCUT2D eigenvalue weighted by Crippen LogP contribution is -1.98. The van der Waals surface area contributed by atoms with Crippen LogP contribution in [0.25, 0.3) is 0 Å². The quantitative estimate of drug-likeness (QED) is 0.626. The predicted molar refractivity (Wildman–Crippen MR) is 81.8 cm³/mol. The van der Waals surface area contributed by atoms with Crippen molar-refractivity contribution in [3.8, 4) is 5.75 Å². The molecule has 2 rings (SSSR count). The minimum atomic E-state index is 0.324. The Kier molecular flexibility index (Phi) is 5.23. The molecule has 100 valence electrons. The molecule has 0 heterocycles. The number of rotatable bonds is 4. The molecule has 0 fully saturated rings. The van der Waals surface area contributed by atoms with E-state index in [4.69, 9.17) is 51.1 Å². The lowest BCUT2D eigenvalue weighted by atomic mass is 10.2. The van der Waals surface area contributed by atoms with Gasteiger partial charge in [-0.15, -0.1) is 11.6 Å². The van der Waals surface area contributed by atoms with Crippen LogP contribution in [-0.4, -0.2) is 0 Å². The highest BCUT2D eigenvalue weighted by molar-refractivity contribution is 6.33. The van der Waals surface area contributed by atoms with Gasteiger partial charge in [0.25, 0.3) is 0 Å². The maximum atomic E-state index is 6.08. The molecule has 5 heteroatoms. The Labute approximate surface area is 132 Å². The first-order valence-electron chi connectivity index (χ1n) is 5.51. The minimum Gasteiger partial charge on any atom is -0.489 e. The van der Waals surface area contributed by atoms with Crippen molar-refractivity contribution in [2.24, 2.45) is 0 Å². The molecule has 2 aromatic rings. The Hall–Kier alpha value is -0.600. The molecule has 1 nitrogen and oxygen atoms in total. The van der Waals surface area contributed by atoms with Gasteiger partial charge in [0.05, 0.1) is 5.88 Å². The maximum absolute atomic E-state index is 6.08. The van der Waals surface area contributed by atoms with Crippen molar-refractivity contribution < 1.29 is 4.74 Å². The largest absolute Gasteiger partial charge is 0.489 e. The number of hydrogen-bond acceptors (Lipinski definition) is 1. The summed E-state index contributed by atoms with van der Waals surface area (Å²) in [5.41, 5.74) is 1.66.